The lowest BCUT2D eigenvalue weighted by Gasteiger charge is -2.39. The van der Waals surface area contributed by atoms with Crippen molar-refractivity contribution < 1.29 is 29.2 Å². The standard InChI is InChI=1S/C11H14O6/c1-15-8(12)6-5-2-3-11(14)4-16-10(7(5)11)17-9(6)13/h2-3,5-7,9-10,13-14H,4H2,1H3/t5-,6?,7+,9?,10+,11+/m0/s1. The van der Waals surface area contributed by atoms with E-state index in [1.54, 1.807) is 12.2 Å². The highest BCUT2D eigenvalue weighted by Crippen LogP contribution is 2.50. The van der Waals surface area contributed by atoms with Crippen LogP contribution in [-0.4, -0.2) is 48.1 Å². The van der Waals surface area contributed by atoms with Gasteiger partial charge in [-0.1, -0.05) is 12.2 Å². The largest absolute Gasteiger partial charge is 0.469 e. The van der Waals surface area contributed by atoms with Crippen LogP contribution in [0.25, 0.3) is 0 Å². The number of carbonyl (C=O) groups is 1. The third-order valence-electron chi connectivity index (χ3n) is 3.84. The molecule has 2 heterocycles. The molecular weight excluding hydrogens is 228 g/mol. The zero-order chi connectivity index (χ0) is 12.2. The molecule has 17 heavy (non-hydrogen) atoms. The van der Waals surface area contributed by atoms with Crippen molar-refractivity contribution in [2.75, 3.05) is 13.7 Å². The normalized spacial score (nSPS) is 51.4. The number of methoxy groups -OCH3 is 1. The van der Waals surface area contributed by atoms with E-state index >= 15 is 0 Å². The molecule has 3 aliphatic rings. The lowest BCUT2D eigenvalue weighted by molar-refractivity contribution is -0.280. The van der Waals surface area contributed by atoms with Crippen LogP contribution in [0.4, 0.5) is 0 Å². The Labute approximate surface area is 97.8 Å². The molecule has 0 radical (unpaired) electrons. The number of carbonyl (C=O) groups excluding carboxylic acids is 1. The van der Waals surface area contributed by atoms with Crippen molar-refractivity contribution >= 4 is 5.97 Å². The molecule has 0 spiro atoms. The summed E-state index contributed by atoms with van der Waals surface area (Å²) in [5.41, 5.74) is -1.10. The summed E-state index contributed by atoms with van der Waals surface area (Å²) in [6.07, 6.45) is 1.43. The first-order valence-corrected chi connectivity index (χ1v) is 5.51. The molecule has 0 amide bonds. The molecule has 2 unspecified atom stereocenters. The second-order valence-corrected chi connectivity index (χ2v) is 4.71. The number of esters is 1. The lowest BCUT2D eigenvalue weighted by atomic mass is 9.77. The van der Waals surface area contributed by atoms with E-state index in [-0.39, 0.29) is 18.4 Å². The van der Waals surface area contributed by atoms with E-state index in [0.717, 1.165) is 0 Å². The summed E-state index contributed by atoms with van der Waals surface area (Å²) in [7, 11) is 1.26. The highest BCUT2D eigenvalue weighted by Gasteiger charge is 2.61. The quantitative estimate of drug-likeness (QED) is 0.454. The van der Waals surface area contributed by atoms with Crippen molar-refractivity contribution in [3.63, 3.8) is 0 Å². The number of hydrogen-bond donors (Lipinski definition) is 2. The minimum Gasteiger partial charge on any atom is -0.469 e. The second kappa shape index (κ2) is 3.52. The van der Waals surface area contributed by atoms with E-state index in [1.165, 1.54) is 7.11 Å². The van der Waals surface area contributed by atoms with Crippen molar-refractivity contribution in [1.82, 2.24) is 0 Å². The van der Waals surface area contributed by atoms with Crippen LogP contribution < -0.4 is 0 Å². The number of aliphatic hydroxyl groups is 2. The number of allylic oxidation sites excluding steroid dienone is 1. The van der Waals surface area contributed by atoms with E-state index in [4.69, 9.17) is 9.47 Å². The van der Waals surface area contributed by atoms with Crippen LogP contribution >= 0.6 is 0 Å². The van der Waals surface area contributed by atoms with Gasteiger partial charge in [-0.25, -0.2) is 0 Å². The first-order valence-electron chi connectivity index (χ1n) is 5.51. The lowest BCUT2D eigenvalue weighted by Crippen LogP contribution is -2.51. The summed E-state index contributed by atoms with van der Waals surface area (Å²) in [6, 6.07) is 0. The Balaban J connectivity index is 1.95. The summed E-state index contributed by atoms with van der Waals surface area (Å²) in [4.78, 5) is 11.6. The Morgan fingerprint density at radius 1 is 1.59 bits per heavy atom. The topological polar surface area (TPSA) is 85.2 Å². The van der Waals surface area contributed by atoms with Gasteiger partial charge in [0.05, 0.1) is 19.6 Å². The van der Waals surface area contributed by atoms with Crippen molar-refractivity contribution in [3.05, 3.63) is 12.2 Å². The van der Waals surface area contributed by atoms with Gasteiger partial charge in [-0.3, -0.25) is 4.79 Å². The molecule has 0 bridgehead atoms. The molecule has 0 aromatic heterocycles. The van der Waals surface area contributed by atoms with Crippen LogP contribution in [-0.2, 0) is 19.0 Å². The molecule has 3 rings (SSSR count). The number of hydrogen-bond acceptors (Lipinski definition) is 6. The molecule has 94 valence electrons. The zero-order valence-electron chi connectivity index (χ0n) is 9.28. The van der Waals surface area contributed by atoms with Gasteiger partial charge >= 0.3 is 5.97 Å². The van der Waals surface area contributed by atoms with Crippen LogP contribution in [0.1, 0.15) is 0 Å². The molecule has 2 saturated heterocycles. The first-order chi connectivity index (χ1) is 8.07. The van der Waals surface area contributed by atoms with Gasteiger partial charge in [0.25, 0.3) is 0 Å². The van der Waals surface area contributed by atoms with Gasteiger partial charge in [0.2, 0.25) is 0 Å². The minimum atomic E-state index is -1.27. The molecule has 2 fully saturated rings. The maximum atomic E-state index is 11.6. The average molecular weight is 242 g/mol. The van der Waals surface area contributed by atoms with Gasteiger partial charge < -0.3 is 24.4 Å². The summed E-state index contributed by atoms with van der Waals surface area (Å²) >= 11 is 0. The molecule has 6 atom stereocenters. The Bertz CT molecular complexity index is 380. The second-order valence-electron chi connectivity index (χ2n) is 4.71. The highest BCUT2D eigenvalue weighted by molar-refractivity contribution is 5.74. The van der Waals surface area contributed by atoms with Crippen molar-refractivity contribution in [3.8, 4) is 0 Å². The fourth-order valence-corrected chi connectivity index (χ4v) is 3.01. The summed E-state index contributed by atoms with van der Waals surface area (Å²) in [6.45, 7) is 0.121. The summed E-state index contributed by atoms with van der Waals surface area (Å²) in [5, 5.41) is 20.1. The molecule has 0 saturated carbocycles. The predicted molar refractivity (Wildman–Crippen MR) is 53.4 cm³/mol. The fourth-order valence-electron chi connectivity index (χ4n) is 3.01. The number of rotatable bonds is 1. The van der Waals surface area contributed by atoms with Crippen LogP contribution in [0.3, 0.4) is 0 Å². The predicted octanol–water partition coefficient (Wildman–Crippen LogP) is -0.986. The Hall–Kier alpha value is -0.950. The van der Waals surface area contributed by atoms with Crippen molar-refractivity contribution in [2.24, 2.45) is 17.8 Å². The highest BCUT2D eigenvalue weighted by atomic mass is 16.7. The van der Waals surface area contributed by atoms with E-state index in [9.17, 15) is 15.0 Å². The monoisotopic (exact) mass is 242 g/mol. The Morgan fingerprint density at radius 2 is 2.35 bits per heavy atom. The molecular formula is C11H14O6. The minimum absolute atomic E-state index is 0.121. The average Bonchev–Trinajstić information content (AvgIpc) is 2.80. The van der Waals surface area contributed by atoms with Crippen LogP contribution in [0.15, 0.2) is 12.2 Å². The molecule has 2 N–H and O–H groups in total. The van der Waals surface area contributed by atoms with E-state index in [2.05, 4.69) is 4.74 Å². The van der Waals surface area contributed by atoms with Gasteiger partial charge in [0.15, 0.2) is 12.6 Å². The van der Waals surface area contributed by atoms with Crippen molar-refractivity contribution in [2.45, 2.75) is 18.2 Å². The van der Waals surface area contributed by atoms with Crippen LogP contribution in [0.5, 0.6) is 0 Å². The maximum Gasteiger partial charge on any atom is 0.314 e. The van der Waals surface area contributed by atoms with E-state index < -0.39 is 30.1 Å². The molecule has 0 aromatic rings. The molecule has 0 aromatic carbocycles. The van der Waals surface area contributed by atoms with Gasteiger partial charge in [-0.15, -0.1) is 0 Å². The molecule has 2 aliphatic heterocycles. The van der Waals surface area contributed by atoms with Gasteiger partial charge in [-0.05, 0) is 0 Å². The number of aliphatic hydroxyl groups excluding tert-OH is 1. The van der Waals surface area contributed by atoms with Crippen molar-refractivity contribution in [1.29, 1.82) is 0 Å². The SMILES string of the molecule is COC(=O)C1C(O)O[C@H]2OC[C@]3(O)C=C[C@@H]1[C@H]23. The number of ether oxygens (including phenoxy) is 3. The van der Waals surface area contributed by atoms with Crippen LogP contribution in [0.2, 0.25) is 0 Å². The first kappa shape index (κ1) is 11.2. The summed E-state index contributed by atoms with van der Waals surface area (Å²) < 4.78 is 15.2. The van der Waals surface area contributed by atoms with Gasteiger partial charge in [0.1, 0.15) is 11.5 Å². The van der Waals surface area contributed by atoms with Gasteiger partial charge in [0, 0.05) is 5.92 Å². The molecule has 6 heteroatoms. The van der Waals surface area contributed by atoms with Gasteiger partial charge in [-0.2, -0.15) is 0 Å². The van der Waals surface area contributed by atoms with E-state index in [0.29, 0.717) is 0 Å². The zero-order valence-corrected chi connectivity index (χ0v) is 9.28. The molecule has 6 nitrogen and oxygen atoms in total. The summed E-state index contributed by atoms with van der Waals surface area (Å²) in [5.74, 6) is -2.02. The van der Waals surface area contributed by atoms with E-state index in [1.807, 2.05) is 0 Å². The third-order valence-corrected chi connectivity index (χ3v) is 3.84. The smallest absolute Gasteiger partial charge is 0.314 e. The van der Waals surface area contributed by atoms with Crippen LogP contribution in [0, 0.1) is 17.8 Å². The maximum absolute atomic E-state index is 11.6. The Kier molecular flexibility index (Phi) is 2.31. The fraction of sp³-hybridized carbons (Fsp3) is 0.727. The molecule has 1 aliphatic carbocycles. The Morgan fingerprint density at radius 3 is 3.06 bits per heavy atom. The third kappa shape index (κ3) is 1.38.